The maximum Gasteiger partial charge on any atom is 0.0406 e. The van der Waals surface area contributed by atoms with Crippen molar-refractivity contribution in [2.24, 2.45) is 11.7 Å². The van der Waals surface area contributed by atoms with Gasteiger partial charge in [0.15, 0.2) is 0 Å². The average Bonchev–Trinajstić information content (AvgIpc) is 2.17. The van der Waals surface area contributed by atoms with Crippen molar-refractivity contribution in [3.63, 3.8) is 0 Å². The van der Waals surface area contributed by atoms with Crippen LogP contribution in [0.5, 0.6) is 0 Å². The summed E-state index contributed by atoms with van der Waals surface area (Å²) in [6.45, 7) is 7.25. The van der Waals surface area contributed by atoms with E-state index in [4.69, 9.17) is 17.3 Å². The Bertz CT molecular complexity index is 292. The minimum atomic E-state index is 0.0462. The molecule has 1 atom stereocenters. The third-order valence-corrected chi connectivity index (χ3v) is 3.45. The van der Waals surface area contributed by atoms with Crippen LogP contribution in [-0.2, 0) is 5.41 Å². The van der Waals surface area contributed by atoms with E-state index in [0.717, 1.165) is 5.02 Å². The Labute approximate surface area is 91.3 Å². The van der Waals surface area contributed by atoms with Crippen LogP contribution in [0.3, 0.4) is 0 Å². The highest BCUT2D eigenvalue weighted by molar-refractivity contribution is 6.30. The molecule has 0 heterocycles. The number of hydrogen-bond acceptors (Lipinski definition) is 1. The summed E-state index contributed by atoms with van der Waals surface area (Å²) < 4.78 is 0. The average molecular weight is 212 g/mol. The van der Waals surface area contributed by atoms with Gasteiger partial charge < -0.3 is 5.73 Å². The van der Waals surface area contributed by atoms with Crippen molar-refractivity contribution in [3.05, 3.63) is 34.9 Å². The number of hydrogen-bond donors (Lipinski definition) is 1. The molecule has 1 unspecified atom stereocenters. The Balaban J connectivity index is 3.06. The van der Waals surface area contributed by atoms with Crippen molar-refractivity contribution in [1.29, 1.82) is 0 Å². The second-order valence-corrected chi connectivity index (χ2v) is 4.72. The summed E-state index contributed by atoms with van der Waals surface area (Å²) in [7, 11) is 0. The van der Waals surface area contributed by atoms with Crippen LogP contribution >= 0.6 is 11.6 Å². The summed E-state index contributed by atoms with van der Waals surface area (Å²) in [5.74, 6) is 0.522. The van der Waals surface area contributed by atoms with E-state index in [0.29, 0.717) is 12.5 Å². The van der Waals surface area contributed by atoms with Crippen molar-refractivity contribution in [1.82, 2.24) is 0 Å². The lowest BCUT2D eigenvalue weighted by molar-refractivity contribution is 0.347. The molecule has 0 saturated heterocycles. The van der Waals surface area contributed by atoms with Crippen molar-refractivity contribution in [2.75, 3.05) is 6.54 Å². The maximum atomic E-state index is 5.85. The monoisotopic (exact) mass is 211 g/mol. The Morgan fingerprint density at radius 3 is 2.14 bits per heavy atom. The van der Waals surface area contributed by atoms with Crippen LogP contribution in [-0.4, -0.2) is 6.54 Å². The predicted octanol–water partition coefficient (Wildman–Crippen LogP) is 3.21. The van der Waals surface area contributed by atoms with Gasteiger partial charge in [0.1, 0.15) is 0 Å². The third-order valence-electron chi connectivity index (χ3n) is 3.20. The topological polar surface area (TPSA) is 26.0 Å². The predicted molar refractivity (Wildman–Crippen MR) is 62.7 cm³/mol. The molecular formula is C12H18ClN. The summed E-state index contributed by atoms with van der Waals surface area (Å²) in [5.41, 5.74) is 7.15. The lowest BCUT2D eigenvalue weighted by atomic mass is 9.73. The van der Waals surface area contributed by atoms with E-state index in [9.17, 15) is 0 Å². The van der Waals surface area contributed by atoms with Gasteiger partial charge in [-0.2, -0.15) is 0 Å². The summed E-state index contributed by atoms with van der Waals surface area (Å²) in [6.07, 6.45) is 0. The molecular weight excluding hydrogens is 194 g/mol. The van der Waals surface area contributed by atoms with Gasteiger partial charge >= 0.3 is 0 Å². The van der Waals surface area contributed by atoms with Gasteiger partial charge in [-0.1, -0.05) is 44.5 Å². The number of benzene rings is 1. The highest BCUT2D eigenvalue weighted by atomic mass is 35.5. The molecule has 0 radical (unpaired) electrons. The molecule has 0 bridgehead atoms. The second kappa shape index (κ2) is 4.33. The first kappa shape index (κ1) is 11.5. The van der Waals surface area contributed by atoms with Gasteiger partial charge in [-0.25, -0.2) is 0 Å². The minimum Gasteiger partial charge on any atom is -0.330 e. The van der Waals surface area contributed by atoms with E-state index in [2.05, 4.69) is 32.9 Å². The molecule has 0 spiro atoms. The van der Waals surface area contributed by atoms with E-state index < -0.39 is 0 Å². The lowest BCUT2D eigenvalue weighted by Gasteiger charge is -2.33. The first-order chi connectivity index (χ1) is 6.50. The molecule has 0 aromatic heterocycles. The van der Waals surface area contributed by atoms with Crippen molar-refractivity contribution in [3.8, 4) is 0 Å². The van der Waals surface area contributed by atoms with E-state index in [-0.39, 0.29) is 5.41 Å². The molecule has 0 aliphatic heterocycles. The van der Waals surface area contributed by atoms with Gasteiger partial charge in [-0.3, -0.25) is 0 Å². The normalized spacial score (nSPS) is 15.6. The van der Waals surface area contributed by atoms with Crippen LogP contribution in [0.25, 0.3) is 0 Å². The number of nitrogens with two attached hydrogens (primary N) is 1. The highest BCUT2D eigenvalue weighted by Crippen LogP contribution is 2.31. The Morgan fingerprint density at radius 2 is 1.79 bits per heavy atom. The largest absolute Gasteiger partial charge is 0.330 e. The van der Waals surface area contributed by atoms with Gasteiger partial charge in [0.2, 0.25) is 0 Å². The molecule has 78 valence electrons. The molecule has 0 saturated carbocycles. The zero-order chi connectivity index (χ0) is 10.8. The Morgan fingerprint density at radius 1 is 1.29 bits per heavy atom. The quantitative estimate of drug-likeness (QED) is 0.817. The molecule has 2 heteroatoms. The standard InChI is InChI=1S/C12H18ClN/c1-9(2)12(3,8-14)10-4-6-11(13)7-5-10/h4-7,9H,8,14H2,1-3H3. The van der Waals surface area contributed by atoms with E-state index in [1.54, 1.807) is 0 Å². The molecule has 14 heavy (non-hydrogen) atoms. The van der Waals surface area contributed by atoms with Crippen molar-refractivity contribution >= 4 is 11.6 Å². The molecule has 1 rings (SSSR count). The minimum absolute atomic E-state index is 0.0462. The van der Waals surface area contributed by atoms with Crippen LogP contribution in [0, 0.1) is 5.92 Å². The van der Waals surface area contributed by atoms with Gasteiger partial charge in [-0.15, -0.1) is 0 Å². The molecule has 0 aliphatic rings. The fraction of sp³-hybridized carbons (Fsp3) is 0.500. The zero-order valence-corrected chi connectivity index (χ0v) is 9.81. The molecule has 0 fully saturated rings. The Kier molecular flexibility index (Phi) is 3.57. The first-order valence-electron chi connectivity index (χ1n) is 4.97. The first-order valence-corrected chi connectivity index (χ1v) is 5.34. The number of rotatable bonds is 3. The molecule has 2 N–H and O–H groups in total. The smallest absolute Gasteiger partial charge is 0.0406 e. The van der Waals surface area contributed by atoms with Crippen LogP contribution in [0.2, 0.25) is 5.02 Å². The molecule has 0 aliphatic carbocycles. The maximum absolute atomic E-state index is 5.85. The third kappa shape index (κ3) is 2.10. The van der Waals surface area contributed by atoms with Crippen molar-refractivity contribution < 1.29 is 0 Å². The van der Waals surface area contributed by atoms with Gasteiger partial charge in [0, 0.05) is 17.0 Å². The van der Waals surface area contributed by atoms with Gasteiger partial charge in [-0.05, 0) is 23.6 Å². The fourth-order valence-electron chi connectivity index (χ4n) is 1.52. The lowest BCUT2D eigenvalue weighted by Crippen LogP contribution is -2.36. The van der Waals surface area contributed by atoms with Crippen LogP contribution < -0.4 is 5.73 Å². The van der Waals surface area contributed by atoms with E-state index in [1.807, 2.05) is 12.1 Å². The molecule has 1 nitrogen and oxygen atoms in total. The summed E-state index contributed by atoms with van der Waals surface area (Å²) in [4.78, 5) is 0. The van der Waals surface area contributed by atoms with Crippen LogP contribution in [0.15, 0.2) is 24.3 Å². The van der Waals surface area contributed by atoms with Gasteiger partial charge in [0.25, 0.3) is 0 Å². The zero-order valence-electron chi connectivity index (χ0n) is 9.05. The number of halogens is 1. The summed E-state index contributed by atoms with van der Waals surface area (Å²) in [6, 6.07) is 7.98. The van der Waals surface area contributed by atoms with Crippen LogP contribution in [0.4, 0.5) is 0 Å². The van der Waals surface area contributed by atoms with Crippen LogP contribution in [0.1, 0.15) is 26.3 Å². The Hall–Kier alpha value is -0.530. The summed E-state index contributed by atoms with van der Waals surface area (Å²) >= 11 is 5.85. The molecule has 1 aromatic rings. The highest BCUT2D eigenvalue weighted by Gasteiger charge is 2.28. The van der Waals surface area contributed by atoms with E-state index >= 15 is 0 Å². The van der Waals surface area contributed by atoms with Gasteiger partial charge in [0.05, 0.1) is 0 Å². The fourth-order valence-corrected chi connectivity index (χ4v) is 1.64. The second-order valence-electron chi connectivity index (χ2n) is 4.28. The van der Waals surface area contributed by atoms with E-state index in [1.165, 1.54) is 5.56 Å². The summed E-state index contributed by atoms with van der Waals surface area (Å²) in [5, 5.41) is 0.775. The molecule has 1 aromatic carbocycles. The molecule has 0 amide bonds. The van der Waals surface area contributed by atoms with Crippen molar-refractivity contribution in [2.45, 2.75) is 26.2 Å². The SMILES string of the molecule is CC(C)C(C)(CN)c1ccc(Cl)cc1.